The van der Waals surface area contributed by atoms with Crippen LogP contribution in [0.2, 0.25) is 5.02 Å². The van der Waals surface area contributed by atoms with Crippen LogP contribution in [0.25, 0.3) is 0 Å². The van der Waals surface area contributed by atoms with Crippen molar-refractivity contribution in [3.63, 3.8) is 0 Å². The maximum atomic E-state index is 12.3. The Labute approximate surface area is 129 Å². The molecule has 0 fully saturated rings. The predicted molar refractivity (Wildman–Crippen MR) is 83.0 cm³/mol. The largest absolute Gasteiger partial charge is 0.483 e. The van der Waals surface area contributed by atoms with E-state index < -0.39 is 6.10 Å². The number of ether oxygens (including phenoxy) is 2. The molecule has 0 aliphatic rings. The molecule has 2 aromatic carbocycles. The zero-order chi connectivity index (χ0) is 15.2. The van der Waals surface area contributed by atoms with E-state index in [2.05, 4.69) is 0 Å². The van der Waals surface area contributed by atoms with Gasteiger partial charge in [-0.15, -0.1) is 0 Å². The van der Waals surface area contributed by atoms with Crippen molar-refractivity contribution in [2.45, 2.75) is 19.6 Å². The van der Waals surface area contributed by atoms with E-state index >= 15 is 0 Å². The van der Waals surface area contributed by atoms with E-state index in [0.717, 1.165) is 5.56 Å². The van der Waals surface area contributed by atoms with Crippen molar-refractivity contribution in [1.82, 2.24) is 0 Å². The summed E-state index contributed by atoms with van der Waals surface area (Å²) >= 11 is 5.82. The molecule has 4 heteroatoms. The van der Waals surface area contributed by atoms with E-state index in [9.17, 15) is 4.79 Å². The lowest BCUT2D eigenvalue weighted by molar-refractivity contribution is 0.0817. The Morgan fingerprint density at radius 1 is 1.19 bits per heavy atom. The van der Waals surface area contributed by atoms with Crippen LogP contribution in [-0.4, -0.2) is 19.0 Å². The number of carbonyl (C=O) groups excluding carboxylic acids is 1. The number of rotatable bonds is 6. The molecule has 0 N–H and O–H groups in total. The molecule has 0 saturated heterocycles. The van der Waals surface area contributed by atoms with Gasteiger partial charge in [-0.05, 0) is 48.9 Å². The Balaban J connectivity index is 2.06. The maximum Gasteiger partial charge on any atom is 0.202 e. The molecule has 1 unspecified atom stereocenters. The molecular formula is C17H17ClO3. The zero-order valence-electron chi connectivity index (χ0n) is 12.0. The number of hydrogen-bond acceptors (Lipinski definition) is 3. The number of Topliss-reactive ketones (excluding diaryl/α,β-unsaturated/α-hetero) is 1. The highest BCUT2D eigenvalue weighted by atomic mass is 35.5. The first kappa shape index (κ1) is 15.5. The zero-order valence-corrected chi connectivity index (χ0v) is 12.8. The molecule has 3 nitrogen and oxygen atoms in total. The molecule has 0 aliphatic carbocycles. The van der Waals surface area contributed by atoms with Crippen LogP contribution < -0.4 is 4.74 Å². The molecule has 0 spiro atoms. The minimum atomic E-state index is -0.566. The SMILES string of the molecule is COCc1cccc(OC(C)C(=O)c2ccc(Cl)cc2)c1. The Hall–Kier alpha value is -1.84. The molecule has 1 atom stereocenters. The van der Waals surface area contributed by atoms with Crippen LogP contribution in [0.3, 0.4) is 0 Å². The Morgan fingerprint density at radius 3 is 2.57 bits per heavy atom. The lowest BCUT2D eigenvalue weighted by Crippen LogP contribution is -2.23. The Kier molecular flexibility index (Phi) is 5.37. The van der Waals surface area contributed by atoms with Gasteiger partial charge in [0.15, 0.2) is 6.10 Å². The molecule has 0 radical (unpaired) electrons. The van der Waals surface area contributed by atoms with Gasteiger partial charge in [0.2, 0.25) is 5.78 Å². The standard InChI is InChI=1S/C17H17ClO3/c1-12(17(19)14-6-8-15(18)9-7-14)21-16-5-3-4-13(10-16)11-20-2/h3-10,12H,11H2,1-2H3. The highest BCUT2D eigenvalue weighted by molar-refractivity contribution is 6.30. The van der Waals surface area contributed by atoms with Gasteiger partial charge in [-0.3, -0.25) is 4.79 Å². The third-order valence-corrected chi connectivity index (χ3v) is 3.27. The van der Waals surface area contributed by atoms with Crippen LogP contribution in [0, 0.1) is 0 Å². The fourth-order valence-corrected chi connectivity index (χ4v) is 2.11. The first-order valence-corrected chi connectivity index (χ1v) is 7.02. The van der Waals surface area contributed by atoms with E-state index in [-0.39, 0.29) is 5.78 Å². The van der Waals surface area contributed by atoms with Gasteiger partial charge in [-0.1, -0.05) is 23.7 Å². The quantitative estimate of drug-likeness (QED) is 0.753. The van der Waals surface area contributed by atoms with Crippen molar-refractivity contribution in [3.8, 4) is 5.75 Å². The van der Waals surface area contributed by atoms with E-state index in [1.165, 1.54) is 0 Å². The van der Waals surface area contributed by atoms with Crippen LogP contribution in [-0.2, 0) is 11.3 Å². The molecule has 0 aliphatic heterocycles. The Morgan fingerprint density at radius 2 is 1.90 bits per heavy atom. The molecular weight excluding hydrogens is 288 g/mol. The summed E-state index contributed by atoms with van der Waals surface area (Å²) in [4.78, 5) is 12.3. The second-order valence-electron chi connectivity index (χ2n) is 4.71. The number of halogens is 1. The van der Waals surface area contributed by atoms with Gasteiger partial charge in [0, 0.05) is 17.7 Å². The second kappa shape index (κ2) is 7.25. The van der Waals surface area contributed by atoms with Crippen LogP contribution in [0.4, 0.5) is 0 Å². The predicted octanol–water partition coefficient (Wildman–Crippen LogP) is 4.14. The lowest BCUT2D eigenvalue weighted by atomic mass is 10.1. The first-order valence-electron chi connectivity index (χ1n) is 6.64. The van der Waals surface area contributed by atoms with Crippen LogP contribution in [0.1, 0.15) is 22.8 Å². The van der Waals surface area contributed by atoms with Gasteiger partial charge in [-0.25, -0.2) is 0 Å². The maximum absolute atomic E-state index is 12.3. The summed E-state index contributed by atoms with van der Waals surface area (Å²) in [6.45, 7) is 2.25. The van der Waals surface area contributed by atoms with Crippen molar-refractivity contribution in [3.05, 3.63) is 64.7 Å². The van der Waals surface area contributed by atoms with Crippen molar-refractivity contribution in [2.24, 2.45) is 0 Å². The third-order valence-electron chi connectivity index (χ3n) is 3.02. The van der Waals surface area contributed by atoms with E-state index in [1.54, 1.807) is 38.3 Å². The smallest absolute Gasteiger partial charge is 0.202 e. The highest BCUT2D eigenvalue weighted by Crippen LogP contribution is 2.18. The van der Waals surface area contributed by atoms with Gasteiger partial charge in [0.25, 0.3) is 0 Å². The summed E-state index contributed by atoms with van der Waals surface area (Å²) in [6, 6.07) is 14.3. The third kappa shape index (κ3) is 4.31. The fraction of sp³-hybridized carbons (Fsp3) is 0.235. The molecule has 0 amide bonds. The van der Waals surface area contributed by atoms with E-state index in [4.69, 9.17) is 21.1 Å². The van der Waals surface area contributed by atoms with E-state index in [1.807, 2.05) is 24.3 Å². The summed E-state index contributed by atoms with van der Waals surface area (Å²) < 4.78 is 10.8. The molecule has 0 bridgehead atoms. The number of carbonyl (C=O) groups is 1. The summed E-state index contributed by atoms with van der Waals surface area (Å²) in [7, 11) is 1.64. The minimum Gasteiger partial charge on any atom is -0.483 e. The van der Waals surface area contributed by atoms with Gasteiger partial charge in [-0.2, -0.15) is 0 Å². The van der Waals surface area contributed by atoms with Crippen LogP contribution in [0.15, 0.2) is 48.5 Å². The highest BCUT2D eigenvalue weighted by Gasteiger charge is 2.16. The average Bonchev–Trinajstić information content (AvgIpc) is 2.48. The normalized spacial score (nSPS) is 12.0. The van der Waals surface area contributed by atoms with Gasteiger partial charge in [0.05, 0.1) is 6.61 Å². The van der Waals surface area contributed by atoms with Crippen molar-refractivity contribution in [2.75, 3.05) is 7.11 Å². The molecule has 0 heterocycles. The molecule has 21 heavy (non-hydrogen) atoms. The number of hydrogen-bond donors (Lipinski definition) is 0. The molecule has 0 aromatic heterocycles. The van der Waals surface area contributed by atoms with Crippen molar-refractivity contribution in [1.29, 1.82) is 0 Å². The van der Waals surface area contributed by atoms with Gasteiger partial charge >= 0.3 is 0 Å². The monoisotopic (exact) mass is 304 g/mol. The molecule has 110 valence electrons. The second-order valence-corrected chi connectivity index (χ2v) is 5.15. The average molecular weight is 305 g/mol. The van der Waals surface area contributed by atoms with Crippen molar-refractivity contribution >= 4 is 17.4 Å². The van der Waals surface area contributed by atoms with Crippen LogP contribution >= 0.6 is 11.6 Å². The number of ketones is 1. The lowest BCUT2D eigenvalue weighted by Gasteiger charge is -2.14. The Bertz CT molecular complexity index is 608. The summed E-state index contributed by atoms with van der Waals surface area (Å²) in [5.41, 5.74) is 1.58. The summed E-state index contributed by atoms with van der Waals surface area (Å²) in [5, 5.41) is 0.604. The number of benzene rings is 2. The fourth-order valence-electron chi connectivity index (χ4n) is 1.98. The molecule has 2 rings (SSSR count). The number of methoxy groups -OCH3 is 1. The minimum absolute atomic E-state index is 0.0798. The van der Waals surface area contributed by atoms with Gasteiger partial charge in [0.1, 0.15) is 5.75 Å². The first-order chi connectivity index (χ1) is 10.1. The summed E-state index contributed by atoms with van der Waals surface area (Å²) in [6.07, 6.45) is -0.566. The van der Waals surface area contributed by atoms with Crippen LogP contribution in [0.5, 0.6) is 5.75 Å². The van der Waals surface area contributed by atoms with Gasteiger partial charge < -0.3 is 9.47 Å². The van der Waals surface area contributed by atoms with E-state index in [0.29, 0.717) is 22.9 Å². The topological polar surface area (TPSA) is 35.5 Å². The summed E-state index contributed by atoms with van der Waals surface area (Å²) in [5.74, 6) is 0.572. The molecule has 2 aromatic rings. The van der Waals surface area contributed by atoms with Crippen molar-refractivity contribution < 1.29 is 14.3 Å². The molecule has 0 saturated carbocycles.